The van der Waals surface area contributed by atoms with Crippen LogP contribution in [0.25, 0.3) is 0 Å². The van der Waals surface area contributed by atoms with Crippen molar-refractivity contribution in [3.8, 4) is 11.5 Å². The van der Waals surface area contributed by atoms with Crippen LogP contribution in [0.1, 0.15) is 41.8 Å². The van der Waals surface area contributed by atoms with Gasteiger partial charge in [0.2, 0.25) is 0 Å². The maximum Gasteiger partial charge on any atom is 0.255 e. The van der Waals surface area contributed by atoms with Gasteiger partial charge in [-0.2, -0.15) is 0 Å². The van der Waals surface area contributed by atoms with Crippen LogP contribution in [0.15, 0.2) is 36.4 Å². The summed E-state index contributed by atoms with van der Waals surface area (Å²) >= 11 is 0. The van der Waals surface area contributed by atoms with Gasteiger partial charge in [0.05, 0.1) is 13.2 Å². The Morgan fingerprint density at radius 2 is 1.83 bits per heavy atom. The van der Waals surface area contributed by atoms with Gasteiger partial charge in [-0.3, -0.25) is 4.79 Å². The topological polar surface area (TPSA) is 47.6 Å². The Hall–Kier alpha value is -2.49. The molecule has 0 radical (unpaired) electrons. The fourth-order valence-electron chi connectivity index (χ4n) is 2.33. The average molecular weight is 327 g/mol. The molecule has 2 aromatic carbocycles. The molecule has 24 heavy (non-hydrogen) atoms. The van der Waals surface area contributed by atoms with E-state index in [0.29, 0.717) is 30.3 Å². The molecule has 0 unspecified atom stereocenters. The number of hydrogen-bond donors (Lipinski definition) is 1. The third-order valence-electron chi connectivity index (χ3n) is 3.82. The SMILES string of the molecule is CCCOc1ccc(C(=O)Nc2cccc(C)c2C)cc1OCC. The van der Waals surface area contributed by atoms with E-state index in [2.05, 4.69) is 5.32 Å². The van der Waals surface area contributed by atoms with Crippen LogP contribution in [0.3, 0.4) is 0 Å². The van der Waals surface area contributed by atoms with Crippen LogP contribution in [-0.4, -0.2) is 19.1 Å². The summed E-state index contributed by atoms with van der Waals surface area (Å²) in [5, 5.41) is 2.96. The van der Waals surface area contributed by atoms with E-state index in [0.717, 1.165) is 23.2 Å². The number of anilines is 1. The Morgan fingerprint density at radius 3 is 2.54 bits per heavy atom. The molecular weight excluding hydrogens is 302 g/mol. The Morgan fingerprint density at radius 1 is 1.04 bits per heavy atom. The van der Waals surface area contributed by atoms with Gasteiger partial charge >= 0.3 is 0 Å². The summed E-state index contributed by atoms with van der Waals surface area (Å²) in [6.07, 6.45) is 0.917. The number of benzene rings is 2. The molecule has 4 nitrogen and oxygen atoms in total. The standard InChI is InChI=1S/C20H25NO3/c1-5-12-24-18-11-10-16(13-19(18)23-6-2)20(22)21-17-9-7-8-14(3)15(17)4/h7-11,13H,5-6,12H2,1-4H3,(H,21,22). The number of ether oxygens (including phenoxy) is 2. The number of nitrogens with one attached hydrogen (secondary N) is 1. The molecule has 1 amide bonds. The van der Waals surface area contributed by atoms with Crippen LogP contribution in [0.2, 0.25) is 0 Å². The zero-order chi connectivity index (χ0) is 17.5. The molecule has 0 atom stereocenters. The third kappa shape index (κ3) is 4.28. The summed E-state index contributed by atoms with van der Waals surface area (Å²) in [6.45, 7) is 9.12. The summed E-state index contributed by atoms with van der Waals surface area (Å²) < 4.78 is 11.3. The summed E-state index contributed by atoms with van der Waals surface area (Å²) in [6, 6.07) is 11.1. The van der Waals surface area contributed by atoms with Crippen molar-refractivity contribution in [2.24, 2.45) is 0 Å². The first-order valence-electron chi connectivity index (χ1n) is 8.34. The van der Waals surface area contributed by atoms with Gasteiger partial charge in [-0.1, -0.05) is 19.1 Å². The zero-order valence-corrected chi connectivity index (χ0v) is 14.8. The van der Waals surface area contributed by atoms with E-state index in [1.54, 1.807) is 18.2 Å². The molecule has 1 N–H and O–H groups in total. The smallest absolute Gasteiger partial charge is 0.255 e. The molecule has 0 heterocycles. The van der Waals surface area contributed by atoms with Crippen molar-refractivity contribution >= 4 is 11.6 Å². The molecule has 0 fully saturated rings. The van der Waals surface area contributed by atoms with Crippen LogP contribution in [0, 0.1) is 13.8 Å². The van der Waals surface area contributed by atoms with Crippen molar-refractivity contribution in [1.82, 2.24) is 0 Å². The maximum atomic E-state index is 12.6. The second-order valence-corrected chi connectivity index (χ2v) is 5.64. The summed E-state index contributed by atoms with van der Waals surface area (Å²) in [4.78, 5) is 12.6. The normalized spacial score (nSPS) is 10.3. The van der Waals surface area contributed by atoms with Crippen molar-refractivity contribution in [2.75, 3.05) is 18.5 Å². The molecule has 128 valence electrons. The quantitative estimate of drug-likeness (QED) is 0.799. The highest BCUT2D eigenvalue weighted by Gasteiger charge is 2.13. The molecule has 4 heteroatoms. The average Bonchev–Trinajstić information content (AvgIpc) is 2.58. The minimum absolute atomic E-state index is 0.160. The summed E-state index contributed by atoms with van der Waals surface area (Å²) in [5.74, 6) is 1.10. The molecule has 2 rings (SSSR count). The third-order valence-corrected chi connectivity index (χ3v) is 3.82. The summed E-state index contributed by atoms with van der Waals surface area (Å²) in [7, 11) is 0. The molecule has 0 spiro atoms. The van der Waals surface area contributed by atoms with Gasteiger partial charge in [-0.25, -0.2) is 0 Å². The Bertz CT molecular complexity index is 710. The van der Waals surface area contributed by atoms with E-state index in [9.17, 15) is 4.79 Å². The second kappa shape index (κ2) is 8.39. The highest BCUT2D eigenvalue weighted by molar-refractivity contribution is 6.05. The molecule has 0 saturated heterocycles. The van der Waals surface area contributed by atoms with Gasteiger partial charge in [0.25, 0.3) is 5.91 Å². The monoisotopic (exact) mass is 327 g/mol. The molecule has 0 aliphatic carbocycles. The van der Waals surface area contributed by atoms with Gasteiger partial charge in [0.15, 0.2) is 11.5 Å². The van der Waals surface area contributed by atoms with E-state index < -0.39 is 0 Å². The van der Waals surface area contributed by atoms with Gasteiger partial charge in [-0.05, 0) is 62.6 Å². The summed E-state index contributed by atoms with van der Waals surface area (Å²) in [5.41, 5.74) is 3.58. The first kappa shape index (κ1) is 17.9. The van der Waals surface area contributed by atoms with Crippen LogP contribution in [0.5, 0.6) is 11.5 Å². The maximum absolute atomic E-state index is 12.6. The molecule has 0 aromatic heterocycles. The first-order valence-corrected chi connectivity index (χ1v) is 8.34. The minimum Gasteiger partial charge on any atom is -0.490 e. The van der Waals surface area contributed by atoms with E-state index in [-0.39, 0.29) is 5.91 Å². The lowest BCUT2D eigenvalue weighted by molar-refractivity contribution is 0.102. The number of carbonyl (C=O) groups excluding carboxylic acids is 1. The highest BCUT2D eigenvalue weighted by Crippen LogP contribution is 2.29. The van der Waals surface area contributed by atoms with Crippen molar-refractivity contribution in [2.45, 2.75) is 34.1 Å². The molecule has 2 aromatic rings. The Kier molecular flexibility index (Phi) is 6.24. The largest absolute Gasteiger partial charge is 0.490 e. The lowest BCUT2D eigenvalue weighted by Gasteiger charge is -2.14. The fourth-order valence-corrected chi connectivity index (χ4v) is 2.33. The number of amides is 1. The predicted molar refractivity (Wildman–Crippen MR) is 97.3 cm³/mol. The lowest BCUT2D eigenvalue weighted by atomic mass is 10.1. The predicted octanol–water partition coefficient (Wildman–Crippen LogP) is 4.74. The van der Waals surface area contributed by atoms with Crippen molar-refractivity contribution in [3.05, 3.63) is 53.1 Å². The number of hydrogen-bond acceptors (Lipinski definition) is 3. The number of rotatable bonds is 7. The highest BCUT2D eigenvalue weighted by atomic mass is 16.5. The van der Waals surface area contributed by atoms with Crippen molar-refractivity contribution in [1.29, 1.82) is 0 Å². The fraction of sp³-hybridized carbons (Fsp3) is 0.350. The number of carbonyl (C=O) groups is 1. The number of aryl methyl sites for hydroxylation is 1. The molecule has 0 aliphatic heterocycles. The lowest BCUT2D eigenvalue weighted by Crippen LogP contribution is -2.13. The van der Waals surface area contributed by atoms with Gasteiger partial charge in [0.1, 0.15) is 0 Å². The molecular formula is C20H25NO3. The van der Waals surface area contributed by atoms with E-state index in [1.807, 2.05) is 45.9 Å². The molecule has 0 bridgehead atoms. The van der Waals surface area contributed by atoms with E-state index in [1.165, 1.54) is 0 Å². The Labute approximate surface area is 143 Å². The van der Waals surface area contributed by atoms with Crippen LogP contribution in [0.4, 0.5) is 5.69 Å². The minimum atomic E-state index is -0.160. The van der Waals surface area contributed by atoms with Crippen LogP contribution >= 0.6 is 0 Å². The van der Waals surface area contributed by atoms with E-state index in [4.69, 9.17) is 9.47 Å². The van der Waals surface area contributed by atoms with Crippen molar-refractivity contribution < 1.29 is 14.3 Å². The van der Waals surface area contributed by atoms with E-state index >= 15 is 0 Å². The Balaban J connectivity index is 2.22. The molecule has 0 saturated carbocycles. The van der Waals surface area contributed by atoms with Gasteiger partial charge in [0, 0.05) is 11.3 Å². The zero-order valence-electron chi connectivity index (χ0n) is 14.8. The van der Waals surface area contributed by atoms with Gasteiger partial charge < -0.3 is 14.8 Å². The van der Waals surface area contributed by atoms with Crippen LogP contribution in [-0.2, 0) is 0 Å². The molecule has 0 aliphatic rings. The van der Waals surface area contributed by atoms with Gasteiger partial charge in [-0.15, -0.1) is 0 Å². The van der Waals surface area contributed by atoms with Crippen molar-refractivity contribution in [3.63, 3.8) is 0 Å². The van der Waals surface area contributed by atoms with Crippen LogP contribution < -0.4 is 14.8 Å². The second-order valence-electron chi connectivity index (χ2n) is 5.64. The first-order chi connectivity index (χ1) is 11.6.